The van der Waals surface area contributed by atoms with Gasteiger partial charge in [0.2, 0.25) is 0 Å². The number of hydrogen-bond donors (Lipinski definition) is 1. The zero-order chi connectivity index (χ0) is 14.4. The number of fused-ring (bicyclic) bond motifs is 1. The van der Waals surface area contributed by atoms with Crippen molar-refractivity contribution in [3.8, 4) is 0 Å². The highest BCUT2D eigenvalue weighted by molar-refractivity contribution is 5.86. The molecule has 1 unspecified atom stereocenters. The second-order valence-corrected chi connectivity index (χ2v) is 5.33. The molecule has 1 N–H and O–H groups in total. The lowest BCUT2D eigenvalue weighted by molar-refractivity contribution is 0.483. The molecule has 0 spiro atoms. The molecule has 0 saturated carbocycles. The number of benzene rings is 2. The predicted molar refractivity (Wildman–Crippen MR) is 84.5 cm³/mol. The number of unbranched alkanes of at least 4 members (excludes halogenated alkanes) is 1. The summed E-state index contributed by atoms with van der Waals surface area (Å²) in [5.41, 5.74) is 1.23. The van der Waals surface area contributed by atoms with Gasteiger partial charge in [0.05, 0.1) is 0 Å². The van der Waals surface area contributed by atoms with E-state index in [-0.39, 0.29) is 5.82 Å². The molecule has 0 bridgehead atoms. The van der Waals surface area contributed by atoms with Gasteiger partial charge in [0.1, 0.15) is 5.82 Å². The van der Waals surface area contributed by atoms with Crippen molar-refractivity contribution >= 4 is 10.8 Å². The minimum Gasteiger partial charge on any atom is -0.310 e. The SMILES string of the molecule is CCCCC(NCCC)c1ccc(F)c2ccccc12. The van der Waals surface area contributed by atoms with Crippen LogP contribution in [0.2, 0.25) is 0 Å². The van der Waals surface area contributed by atoms with Gasteiger partial charge < -0.3 is 5.32 Å². The minimum absolute atomic E-state index is 0.130. The number of halogens is 1. The first-order valence-corrected chi connectivity index (χ1v) is 7.68. The van der Waals surface area contributed by atoms with Gasteiger partial charge in [-0.15, -0.1) is 0 Å². The molecule has 0 heterocycles. The third-order valence-electron chi connectivity index (χ3n) is 3.77. The molecule has 1 nitrogen and oxygen atoms in total. The smallest absolute Gasteiger partial charge is 0.131 e. The van der Waals surface area contributed by atoms with E-state index in [9.17, 15) is 4.39 Å². The van der Waals surface area contributed by atoms with Crippen LogP contribution in [0.5, 0.6) is 0 Å². The summed E-state index contributed by atoms with van der Waals surface area (Å²) in [6.45, 7) is 5.38. The van der Waals surface area contributed by atoms with Crippen molar-refractivity contribution in [1.82, 2.24) is 5.32 Å². The Morgan fingerprint density at radius 3 is 2.45 bits per heavy atom. The maximum absolute atomic E-state index is 13.9. The molecule has 0 saturated heterocycles. The molecule has 0 amide bonds. The number of hydrogen-bond acceptors (Lipinski definition) is 1. The van der Waals surface area contributed by atoms with Crippen LogP contribution in [0.25, 0.3) is 10.8 Å². The molecule has 0 aliphatic rings. The first kappa shape index (κ1) is 15.0. The highest BCUT2D eigenvalue weighted by Gasteiger charge is 2.14. The Labute approximate surface area is 121 Å². The molecule has 2 rings (SSSR count). The van der Waals surface area contributed by atoms with E-state index in [0.29, 0.717) is 6.04 Å². The van der Waals surface area contributed by atoms with Gasteiger partial charge in [-0.2, -0.15) is 0 Å². The monoisotopic (exact) mass is 273 g/mol. The maximum Gasteiger partial charge on any atom is 0.131 e. The Hall–Kier alpha value is -1.41. The van der Waals surface area contributed by atoms with Crippen LogP contribution in [0.1, 0.15) is 51.1 Å². The summed E-state index contributed by atoms with van der Waals surface area (Å²) >= 11 is 0. The standard InChI is InChI=1S/C18H24FN/c1-3-5-10-18(20-13-4-2)16-11-12-17(19)15-9-7-6-8-14(15)16/h6-9,11-12,18,20H,3-5,10,13H2,1-2H3. The zero-order valence-electron chi connectivity index (χ0n) is 12.5. The fourth-order valence-corrected chi connectivity index (χ4v) is 2.68. The van der Waals surface area contributed by atoms with E-state index >= 15 is 0 Å². The molecule has 108 valence electrons. The Morgan fingerprint density at radius 1 is 1.00 bits per heavy atom. The fourth-order valence-electron chi connectivity index (χ4n) is 2.68. The number of rotatable bonds is 7. The predicted octanol–water partition coefficient (Wildman–Crippen LogP) is 5.21. The van der Waals surface area contributed by atoms with Gasteiger partial charge in [-0.3, -0.25) is 0 Å². The van der Waals surface area contributed by atoms with Crippen molar-refractivity contribution in [3.05, 3.63) is 47.8 Å². The van der Waals surface area contributed by atoms with Crippen LogP contribution in [0.4, 0.5) is 4.39 Å². The van der Waals surface area contributed by atoms with Gasteiger partial charge in [-0.25, -0.2) is 4.39 Å². The second-order valence-electron chi connectivity index (χ2n) is 5.33. The summed E-state index contributed by atoms with van der Waals surface area (Å²) in [6, 6.07) is 11.6. The molecular weight excluding hydrogens is 249 g/mol. The summed E-state index contributed by atoms with van der Waals surface area (Å²) in [6.07, 6.45) is 4.59. The van der Waals surface area contributed by atoms with Crippen molar-refractivity contribution in [2.24, 2.45) is 0 Å². The average Bonchev–Trinajstić information content (AvgIpc) is 2.49. The molecule has 0 radical (unpaired) electrons. The van der Waals surface area contributed by atoms with Gasteiger partial charge in [-0.05, 0) is 36.4 Å². The topological polar surface area (TPSA) is 12.0 Å². The normalized spacial score (nSPS) is 12.8. The molecule has 2 heteroatoms. The van der Waals surface area contributed by atoms with E-state index in [4.69, 9.17) is 0 Å². The van der Waals surface area contributed by atoms with Crippen LogP contribution in [0.15, 0.2) is 36.4 Å². The Bertz CT molecular complexity index is 542. The maximum atomic E-state index is 13.9. The molecule has 0 aliphatic heterocycles. The largest absolute Gasteiger partial charge is 0.310 e. The quantitative estimate of drug-likeness (QED) is 0.730. The van der Waals surface area contributed by atoms with Crippen LogP contribution in [-0.2, 0) is 0 Å². The molecule has 0 fully saturated rings. The van der Waals surface area contributed by atoms with Crippen LogP contribution in [0, 0.1) is 5.82 Å². The third kappa shape index (κ3) is 3.37. The first-order chi connectivity index (χ1) is 9.77. The van der Waals surface area contributed by atoms with Crippen molar-refractivity contribution < 1.29 is 4.39 Å². The van der Waals surface area contributed by atoms with Crippen LogP contribution >= 0.6 is 0 Å². The van der Waals surface area contributed by atoms with Gasteiger partial charge in [0.15, 0.2) is 0 Å². The highest BCUT2D eigenvalue weighted by atomic mass is 19.1. The summed E-state index contributed by atoms with van der Waals surface area (Å²) in [4.78, 5) is 0. The first-order valence-electron chi connectivity index (χ1n) is 7.68. The molecule has 1 atom stereocenters. The lowest BCUT2D eigenvalue weighted by atomic mass is 9.95. The highest BCUT2D eigenvalue weighted by Crippen LogP contribution is 2.29. The van der Waals surface area contributed by atoms with Crippen LogP contribution in [-0.4, -0.2) is 6.54 Å². The van der Waals surface area contributed by atoms with Crippen molar-refractivity contribution in [1.29, 1.82) is 0 Å². The van der Waals surface area contributed by atoms with E-state index < -0.39 is 0 Å². The Balaban J connectivity index is 2.38. The Morgan fingerprint density at radius 2 is 1.75 bits per heavy atom. The van der Waals surface area contributed by atoms with Gasteiger partial charge in [0, 0.05) is 11.4 Å². The second kappa shape index (κ2) is 7.39. The summed E-state index contributed by atoms with van der Waals surface area (Å²) in [7, 11) is 0. The van der Waals surface area contributed by atoms with E-state index in [0.717, 1.165) is 30.2 Å². The molecular formula is C18H24FN. The molecule has 0 aromatic heterocycles. The molecule has 2 aromatic carbocycles. The van der Waals surface area contributed by atoms with Crippen molar-refractivity contribution in [2.45, 2.75) is 45.6 Å². The summed E-state index contributed by atoms with van der Waals surface area (Å²) in [5, 5.41) is 5.38. The van der Waals surface area contributed by atoms with E-state index in [2.05, 4.69) is 19.2 Å². The fraction of sp³-hybridized carbons (Fsp3) is 0.444. The number of nitrogens with one attached hydrogen (secondary N) is 1. The van der Waals surface area contributed by atoms with Crippen molar-refractivity contribution in [3.63, 3.8) is 0 Å². The molecule has 0 aliphatic carbocycles. The Kier molecular flexibility index (Phi) is 5.54. The van der Waals surface area contributed by atoms with E-state index in [1.165, 1.54) is 18.4 Å². The third-order valence-corrected chi connectivity index (χ3v) is 3.77. The summed E-state index contributed by atoms with van der Waals surface area (Å²) < 4.78 is 13.9. The minimum atomic E-state index is -0.130. The van der Waals surface area contributed by atoms with Crippen LogP contribution < -0.4 is 5.32 Å². The summed E-state index contributed by atoms with van der Waals surface area (Å²) in [5.74, 6) is -0.130. The molecule has 20 heavy (non-hydrogen) atoms. The van der Waals surface area contributed by atoms with Crippen LogP contribution in [0.3, 0.4) is 0 Å². The zero-order valence-corrected chi connectivity index (χ0v) is 12.5. The lowest BCUT2D eigenvalue weighted by Crippen LogP contribution is -2.22. The van der Waals surface area contributed by atoms with E-state index in [1.54, 1.807) is 6.07 Å². The lowest BCUT2D eigenvalue weighted by Gasteiger charge is -2.21. The average molecular weight is 273 g/mol. The van der Waals surface area contributed by atoms with Gasteiger partial charge in [0.25, 0.3) is 0 Å². The molecule has 2 aromatic rings. The van der Waals surface area contributed by atoms with Gasteiger partial charge in [-0.1, -0.05) is 57.0 Å². The van der Waals surface area contributed by atoms with E-state index in [1.807, 2.05) is 30.3 Å². The van der Waals surface area contributed by atoms with Gasteiger partial charge >= 0.3 is 0 Å². The van der Waals surface area contributed by atoms with Crippen molar-refractivity contribution in [2.75, 3.05) is 6.54 Å².